The number of benzene rings is 2. The van der Waals surface area contributed by atoms with E-state index in [0.29, 0.717) is 13.2 Å². The van der Waals surface area contributed by atoms with Gasteiger partial charge >= 0.3 is 0 Å². The number of aliphatic imine (C=N–C) groups is 1. The van der Waals surface area contributed by atoms with Crippen molar-refractivity contribution in [2.75, 3.05) is 14.2 Å². The Kier molecular flexibility index (Phi) is 8.89. The lowest BCUT2D eigenvalue weighted by molar-refractivity contribution is 0.177. The number of guanidine groups is 1. The van der Waals surface area contributed by atoms with E-state index >= 15 is 0 Å². The molecule has 1 aromatic heterocycles. The maximum absolute atomic E-state index is 6.05. The van der Waals surface area contributed by atoms with Crippen LogP contribution in [0, 0.1) is 0 Å². The van der Waals surface area contributed by atoms with Gasteiger partial charge in [-0.1, -0.05) is 48.0 Å². The third-order valence-electron chi connectivity index (χ3n) is 5.36. The molecule has 32 heavy (non-hydrogen) atoms. The first kappa shape index (κ1) is 24.5. The molecule has 0 aliphatic carbocycles. The Morgan fingerprint density at radius 2 is 2.00 bits per heavy atom. The van der Waals surface area contributed by atoms with Gasteiger partial charge < -0.3 is 15.4 Å². The van der Waals surface area contributed by atoms with E-state index in [-0.39, 0.29) is 30.0 Å². The molecule has 0 amide bonds. The second kappa shape index (κ2) is 11.6. The van der Waals surface area contributed by atoms with Gasteiger partial charge in [-0.15, -0.1) is 24.0 Å². The molecule has 9 heteroatoms. The van der Waals surface area contributed by atoms with Crippen molar-refractivity contribution in [2.45, 2.75) is 38.6 Å². The highest BCUT2D eigenvalue weighted by Gasteiger charge is 2.22. The molecule has 0 saturated carbocycles. The highest BCUT2D eigenvalue weighted by Crippen LogP contribution is 2.25. The number of methoxy groups -OCH3 is 1. The molecule has 2 aromatic carbocycles. The van der Waals surface area contributed by atoms with Gasteiger partial charge in [0.1, 0.15) is 12.4 Å². The highest BCUT2D eigenvalue weighted by molar-refractivity contribution is 14.0. The van der Waals surface area contributed by atoms with Crippen LogP contribution in [-0.2, 0) is 30.9 Å². The van der Waals surface area contributed by atoms with E-state index in [9.17, 15) is 0 Å². The van der Waals surface area contributed by atoms with E-state index in [0.717, 1.165) is 47.6 Å². The van der Waals surface area contributed by atoms with E-state index in [2.05, 4.69) is 50.0 Å². The predicted octanol–water partition coefficient (Wildman–Crippen LogP) is 4.04. The normalized spacial score (nSPS) is 15.6. The summed E-state index contributed by atoms with van der Waals surface area (Å²) in [6, 6.07) is 16.5. The third kappa shape index (κ3) is 5.99. The number of rotatable bonds is 6. The van der Waals surface area contributed by atoms with Gasteiger partial charge in [0, 0.05) is 38.2 Å². The minimum Gasteiger partial charge on any atom is -0.377 e. The van der Waals surface area contributed by atoms with Crippen LogP contribution in [-0.4, -0.2) is 40.9 Å². The van der Waals surface area contributed by atoms with Crippen LogP contribution >= 0.6 is 35.6 Å². The maximum atomic E-state index is 6.05. The second-order valence-corrected chi connectivity index (χ2v) is 7.97. The van der Waals surface area contributed by atoms with Crippen molar-refractivity contribution < 1.29 is 4.74 Å². The molecule has 0 spiro atoms. The lowest BCUT2D eigenvalue weighted by Crippen LogP contribution is -2.46. The number of nitrogens with zero attached hydrogens (tertiary/aromatic N) is 4. The first-order valence-electron chi connectivity index (χ1n) is 10.4. The minimum absolute atomic E-state index is 0. The topological polar surface area (TPSA) is 76.4 Å². The number of hydrogen-bond acceptors (Lipinski definition) is 4. The molecule has 2 heterocycles. The summed E-state index contributed by atoms with van der Waals surface area (Å²) in [5.74, 6) is 2.53. The summed E-state index contributed by atoms with van der Waals surface area (Å²) >= 11 is 6.05. The number of hydrogen-bond donors (Lipinski definition) is 2. The van der Waals surface area contributed by atoms with E-state index in [1.165, 1.54) is 11.1 Å². The fourth-order valence-electron chi connectivity index (χ4n) is 3.82. The fourth-order valence-corrected chi connectivity index (χ4v) is 3.95. The van der Waals surface area contributed by atoms with Crippen molar-refractivity contribution in [3.05, 3.63) is 70.8 Å². The molecule has 2 N–H and O–H groups in total. The molecule has 7 nitrogen and oxygen atoms in total. The Balaban J connectivity index is 0.00000289. The van der Waals surface area contributed by atoms with E-state index in [1.807, 2.05) is 28.9 Å². The summed E-state index contributed by atoms with van der Waals surface area (Å²) in [6.07, 6.45) is 1.86. The van der Waals surface area contributed by atoms with Gasteiger partial charge in [-0.3, -0.25) is 4.99 Å². The average molecular weight is 567 g/mol. The Morgan fingerprint density at radius 1 is 1.22 bits per heavy atom. The zero-order chi connectivity index (χ0) is 21.6. The van der Waals surface area contributed by atoms with Gasteiger partial charge in [0.25, 0.3) is 0 Å². The van der Waals surface area contributed by atoms with Gasteiger partial charge in [-0.25, -0.2) is 9.67 Å². The Labute approximate surface area is 210 Å². The monoisotopic (exact) mass is 566 g/mol. The molecule has 4 rings (SSSR count). The smallest absolute Gasteiger partial charge is 0.191 e. The average Bonchev–Trinajstić information content (AvgIpc) is 3.19. The first-order valence-corrected chi connectivity index (χ1v) is 10.8. The summed E-state index contributed by atoms with van der Waals surface area (Å²) < 4.78 is 7.12. The van der Waals surface area contributed by atoms with Gasteiger partial charge in [-0.05, 0) is 35.2 Å². The molecule has 0 radical (unpaired) electrons. The molecule has 0 fully saturated rings. The van der Waals surface area contributed by atoms with Gasteiger partial charge in [0.05, 0.1) is 6.54 Å². The van der Waals surface area contributed by atoms with Gasteiger partial charge in [-0.2, -0.15) is 5.10 Å². The van der Waals surface area contributed by atoms with Crippen molar-refractivity contribution in [2.24, 2.45) is 4.99 Å². The number of aromatic nitrogens is 3. The van der Waals surface area contributed by atoms with Crippen LogP contribution in [0.1, 0.15) is 23.6 Å². The molecule has 0 saturated heterocycles. The van der Waals surface area contributed by atoms with Crippen LogP contribution in [0.25, 0.3) is 11.1 Å². The second-order valence-electron chi connectivity index (χ2n) is 7.53. The summed E-state index contributed by atoms with van der Waals surface area (Å²) in [5, 5.41) is 12.3. The number of nitrogens with one attached hydrogen (secondary N) is 2. The SMILES string of the molecule is CN=C(NCc1ccccc1-c1ccc(Cl)cc1)NC1CCc2nc(COC)nn2C1.I. The highest BCUT2D eigenvalue weighted by atomic mass is 127. The molecule has 1 aliphatic rings. The summed E-state index contributed by atoms with van der Waals surface area (Å²) in [7, 11) is 3.45. The Bertz CT molecular complexity index is 1050. The van der Waals surface area contributed by atoms with Crippen molar-refractivity contribution in [3.63, 3.8) is 0 Å². The number of aryl methyl sites for hydroxylation is 1. The molecule has 170 valence electrons. The van der Waals surface area contributed by atoms with Crippen molar-refractivity contribution in [3.8, 4) is 11.1 Å². The lowest BCUT2D eigenvalue weighted by Gasteiger charge is -2.25. The Morgan fingerprint density at radius 3 is 2.75 bits per heavy atom. The summed E-state index contributed by atoms with van der Waals surface area (Å²) in [5.41, 5.74) is 3.51. The van der Waals surface area contributed by atoms with Crippen LogP contribution in [0.3, 0.4) is 0 Å². The molecule has 3 aromatic rings. The maximum Gasteiger partial charge on any atom is 0.191 e. The lowest BCUT2D eigenvalue weighted by atomic mass is 10.00. The van der Waals surface area contributed by atoms with Crippen LogP contribution < -0.4 is 10.6 Å². The van der Waals surface area contributed by atoms with Gasteiger partial charge in [0.15, 0.2) is 11.8 Å². The number of halogens is 2. The molecule has 1 aliphatic heterocycles. The zero-order valence-corrected chi connectivity index (χ0v) is 21.3. The van der Waals surface area contributed by atoms with Crippen molar-refractivity contribution in [1.82, 2.24) is 25.4 Å². The van der Waals surface area contributed by atoms with Crippen LogP contribution in [0.15, 0.2) is 53.5 Å². The van der Waals surface area contributed by atoms with Crippen LogP contribution in [0.5, 0.6) is 0 Å². The molecule has 1 unspecified atom stereocenters. The Hall–Kier alpha value is -2.17. The predicted molar refractivity (Wildman–Crippen MR) is 138 cm³/mol. The largest absolute Gasteiger partial charge is 0.377 e. The number of ether oxygens (including phenoxy) is 1. The summed E-state index contributed by atoms with van der Waals surface area (Å²) in [4.78, 5) is 8.95. The van der Waals surface area contributed by atoms with E-state index < -0.39 is 0 Å². The molecule has 0 bridgehead atoms. The van der Waals surface area contributed by atoms with Crippen molar-refractivity contribution >= 4 is 41.5 Å². The molecular weight excluding hydrogens is 539 g/mol. The van der Waals surface area contributed by atoms with Crippen LogP contribution in [0.4, 0.5) is 0 Å². The third-order valence-corrected chi connectivity index (χ3v) is 5.61. The van der Waals surface area contributed by atoms with Crippen LogP contribution in [0.2, 0.25) is 5.02 Å². The zero-order valence-electron chi connectivity index (χ0n) is 18.2. The quantitative estimate of drug-likeness (QED) is 0.268. The van der Waals surface area contributed by atoms with E-state index in [1.54, 1.807) is 14.2 Å². The minimum atomic E-state index is 0. The molecule has 1 atom stereocenters. The standard InChI is InChI=1S/C23H27ClN6O.HI/c1-25-23(27-19-11-12-22-28-21(15-31-2)29-30(22)14-19)26-13-17-5-3-4-6-20(17)16-7-9-18(24)10-8-16;/h3-10,19H,11-15H2,1-2H3,(H2,25,26,27);1H. The molecular formula is C23H28ClIN6O. The first-order chi connectivity index (χ1) is 15.2. The number of fused-ring (bicyclic) bond motifs is 1. The fraction of sp³-hybridized carbons (Fsp3) is 0.348. The summed E-state index contributed by atoms with van der Waals surface area (Å²) in [6.45, 7) is 1.86. The van der Waals surface area contributed by atoms with Crippen molar-refractivity contribution in [1.29, 1.82) is 0 Å². The van der Waals surface area contributed by atoms with E-state index in [4.69, 9.17) is 16.3 Å². The van der Waals surface area contributed by atoms with Gasteiger partial charge in [0.2, 0.25) is 0 Å².